The number of carbonyl (C=O) groups excluding carboxylic acids is 1. The summed E-state index contributed by atoms with van der Waals surface area (Å²) in [5.74, 6) is -0.0937. The van der Waals surface area contributed by atoms with Crippen LogP contribution in [-0.2, 0) is 14.6 Å². The quantitative estimate of drug-likeness (QED) is 0.152. The Labute approximate surface area is 237 Å². The second-order valence-electron chi connectivity index (χ2n) is 9.80. The SMILES string of the molecule is COC(=O)c1cnc(/C(=C\c2cccc(-c3cc(C(C)C)cc4cccnc34)c2)c2ccc(S(C)(=O)=O)cc2)s1. The standard InChI is InChI=1S/C32H28N2O4S2/c1-20(2)25-17-24-9-6-14-33-30(24)27(18-25)23-8-5-7-21(15-23)16-28(31-34-19-29(39-31)32(35)38-3)22-10-12-26(13-11-22)40(4,36)37/h5-20H,1-4H3/b28-16-. The van der Waals surface area contributed by atoms with Gasteiger partial charge >= 0.3 is 5.97 Å². The van der Waals surface area contributed by atoms with Crippen LogP contribution in [0.1, 0.15) is 51.1 Å². The van der Waals surface area contributed by atoms with Crippen molar-refractivity contribution < 1.29 is 17.9 Å². The molecule has 0 unspecified atom stereocenters. The van der Waals surface area contributed by atoms with Gasteiger partial charge < -0.3 is 4.74 Å². The smallest absolute Gasteiger partial charge is 0.349 e. The second-order valence-corrected chi connectivity index (χ2v) is 12.8. The molecule has 0 atom stereocenters. The van der Waals surface area contributed by atoms with Crippen LogP contribution in [0.15, 0.2) is 90.1 Å². The Morgan fingerprint density at radius 2 is 1.75 bits per heavy atom. The molecule has 0 aliphatic carbocycles. The van der Waals surface area contributed by atoms with Crippen molar-refractivity contribution in [3.63, 3.8) is 0 Å². The largest absolute Gasteiger partial charge is 0.465 e. The van der Waals surface area contributed by atoms with Crippen LogP contribution in [0.4, 0.5) is 0 Å². The van der Waals surface area contributed by atoms with E-state index in [1.54, 1.807) is 24.3 Å². The van der Waals surface area contributed by atoms with Gasteiger partial charge in [-0.1, -0.05) is 50.2 Å². The molecule has 0 N–H and O–H groups in total. The molecule has 8 heteroatoms. The average Bonchev–Trinajstić information content (AvgIpc) is 3.45. The van der Waals surface area contributed by atoms with Gasteiger partial charge in [0.1, 0.15) is 9.88 Å². The summed E-state index contributed by atoms with van der Waals surface area (Å²) in [5, 5.41) is 1.71. The molecule has 0 bridgehead atoms. The molecule has 0 saturated carbocycles. The fraction of sp³-hybridized carbons (Fsp3) is 0.156. The lowest BCUT2D eigenvalue weighted by atomic mass is 9.93. The Bertz CT molecular complexity index is 1850. The van der Waals surface area contributed by atoms with Crippen molar-refractivity contribution in [2.45, 2.75) is 24.7 Å². The molecule has 0 amide bonds. The highest BCUT2D eigenvalue weighted by Crippen LogP contribution is 2.34. The lowest BCUT2D eigenvalue weighted by Crippen LogP contribution is -1.97. The predicted molar refractivity (Wildman–Crippen MR) is 161 cm³/mol. The van der Waals surface area contributed by atoms with E-state index in [2.05, 4.69) is 54.1 Å². The summed E-state index contributed by atoms with van der Waals surface area (Å²) in [6.45, 7) is 4.36. The molecule has 3 aromatic carbocycles. The first-order valence-electron chi connectivity index (χ1n) is 12.7. The maximum Gasteiger partial charge on any atom is 0.349 e. The van der Waals surface area contributed by atoms with Gasteiger partial charge in [-0.15, -0.1) is 11.3 Å². The number of nitrogens with zero attached hydrogens (tertiary/aromatic N) is 2. The number of thiazole rings is 1. The monoisotopic (exact) mass is 568 g/mol. The Morgan fingerprint density at radius 1 is 0.975 bits per heavy atom. The first-order chi connectivity index (χ1) is 19.1. The van der Waals surface area contributed by atoms with E-state index in [1.165, 1.54) is 36.5 Å². The molecular weight excluding hydrogens is 540 g/mol. The lowest BCUT2D eigenvalue weighted by Gasteiger charge is -2.13. The van der Waals surface area contributed by atoms with E-state index < -0.39 is 15.8 Å². The fourth-order valence-corrected chi connectivity index (χ4v) is 5.98. The summed E-state index contributed by atoms with van der Waals surface area (Å²) in [6, 6.07) is 23.3. The topological polar surface area (TPSA) is 86.2 Å². The van der Waals surface area contributed by atoms with E-state index in [4.69, 9.17) is 4.74 Å². The van der Waals surface area contributed by atoms with E-state index in [0.29, 0.717) is 15.8 Å². The van der Waals surface area contributed by atoms with Gasteiger partial charge in [0, 0.05) is 29.0 Å². The molecular formula is C32H28N2O4S2. The van der Waals surface area contributed by atoms with Crippen molar-refractivity contribution in [2.75, 3.05) is 13.4 Å². The highest BCUT2D eigenvalue weighted by Gasteiger charge is 2.17. The number of hydrogen-bond donors (Lipinski definition) is 0. The normalized spacial score (nSPS) is 12.2. The third-order valence-electron chi connectivity index (χ3n) is 6.62. The maximum absolute atomic E-state index is 12.1. The number of aromatic nitrogens is 2. The minimum atomic E-state index is -3.34. The number of methoxy groups -OCH3 is 1. The molecule has 5 aromatic rings. The van der Waals surface area contributed by atoms with Gasteiger partial charge in [-0.25, -0.2) is 18.2 Å². The van der Waals surface area contributed by atoms with Gasteiger partial charge in [-0.2, -0.15) is 0 Å². The van der Waals surface area contributed by atoms with Crippen molar-refractivity contribution in [3.05, 3.63) is 112 Å². The molecule has 0 radical (unpaired) electrons. The molecule has 0 aliphatic heterocycles. The van der Waals surface area contributed by atoms with Crippen molar-refractivity contribution in [1.82, 2.24) is 9.97 Å². The summed E-state index contributed by atoms with van der Waals surface area (Å²) in [7, 11) is -2.01. The molecule has 2 aromatic heterocycles. The minimum absolute atomic E-state index is 0.233. The first kappa shape index (κ1) is 27.4. The average molecular weight is 569 g/mol. The maximum atomic E-state index is 12.1. The number of esters is 1. The number of benzene rings is 3. The number of hydrogen-bond acceptors (Lipinski definition) is 7. The number of fused-ring (bicyclic) bond motifs is 1. The van der Waals surface area contributed by atoms with Crippen molar-refractivity contribution >= 4 is 49.7 Å². The number of carbonyl (C=O) groups is 1. The first-order valence-corrected chi connectivity index (χ1v) is 15.4. The fourth-order valence-electron chi connectivity index (χ4n) is 4.48. The number of sulfone groups is 1. The van der Waals surface area contributed by atoms with Gasteiger partial charge in [-0.05, 0) is 70.6 Å². The van der Waals surface area contributed by atoms with Crippen LogP contribution in [0.5, 0.6) is 0 Å². The van der Waals surface area contributed by atoms with Gasteiger partial charge in [0.25, 0.3) is 0 Å². The van der Waals surface area contributed by atoms with Crippen molar-refractivity contribution in [2.24, 2.45) is 0 Å². The Kier molecular flexibility index (Phi) is 7.65. The van der Waals surface area contributed by atoms with E-state index in [1.807, 2.05) is 30.5 Å². The van der Waals surface area contributed by atoms with Crippen LogP contribution >= 0.6 is 11.3 Å². The molecule has 40 heavy (non-hydrogen) atoms. The molecule has 0 fully saturated rings. The van der Waals surface area contributed by atoms with E-state index in [9.17, 15) is 13.2 Å². The zero-order chi connectivity index (χ0) is 28.4. The molecule has 0 saturated heterocycles. The highest BCUT2D eigenvalue weighted by molar-refractivity contribution is 7.90. The summed E-state index contributed by atoms with van der Waals surface area (Å²) >= 11 is 1.22. The van der Waals surface area contributed by atoms with Crippen molar-refractivity contribution in [3.8, 4) is 11.1 Å². The number of pyridine rings is 1. The molecule has 202 valence electrons. The highest BCUT2D eigenvalue weighted by atomic mass is 32.2. The zero-order valence-corrected chi connectivity index (χ0v) is 24.2. The summed E-state index contributed by atoms with van der Waals surface area (Å²) < 4.78 is 28.9. The van der Waals surface area contributed by atoms with Crippen LogP contribution < -0.4 is 0 Å². The Balaban J connectivity index is 1.66. The Hall–Kier alpha value is -4.14. The Morgan fingerprint density at radius 3 is 2.45 bits per heavy atom. The third kappa shape index (κ3) is 5.73. The molecule has 2 heterocycles. The van der Waals surface area contributed by atoms with Crippen LogP contribution in [0, 0.1) is 0 Å². The molecule has 0 aliphatic rings. The summed E-state index contributed by atoms with van der Waals surface area (Å²) in [4.78, 5) is 21.9. The molecule has 5 rings (SSSR count). The van der Waals surface area contributed by atoms with Crippen LogP contribution in [0.25, 0.3) is 33.7 Å². The van der Waals surface area contributed by atoms with E-state index in [-0.39, 0.29) is 4.90 Å². The minimum Gasteiger partial charge on any atom is -0.465 e. The third-order valence-corrected chi connectivity index (χ3v) is 8.76. The van der Waals surface area contributed by atoms with E-state index in [0.717, 1.165) is 38.7 Å². The molecule has 0 spiro atoms. The number of rotatable bonds is 7. The lowest BCUT2D eigenvalue weighted by molar-refractivity contribution is 0.0606. The molecule has 6 nitrogen and oxygen atoms in total. The van der Waals surface area contributed by atoms with Crippen LogP contribution in [0.3, 0.4) is 0 Å². The van der Waals surface area contributed by atoms with Gasteiger partial charge in [0.15, 0.2) is 9.84 Å². The zero-order valence-electron chi connectivity index (χ0n) is 22.6. The van der Waals surface area contributed by atoms with Gasteiger partial charge in [0.05, 0.1) is 23.7 Å². The van der Waals surface area contributed by atoms with E-state index >= 15 is 0 Å². The van der Waals surface area contributed by atoms with Crippen LogP contribution in [-0.4, -0.2) is 37.7 Å². The second kappa shape index (κ2) is 11.2. The van der Waals surface area contributed by atoms with Crippen LogP contribution in [0.2, 0.25) is 0 Å². The van der Waals surface area contributed by atoms with Gasteiger partial charge in [-0.3, -0.25) is 4.98 Å². The number of ether oxygens (including phenoxy) is 1. The van der Waals surface area contributed by atoms with Gasteiger partial charge in [0.2, 0.25) is 0 Å². The predicted octanol–water partition coefficient (Wildman–Crippen LogP) is 7.26. The van der Waals surface area contributed by atoms with Crippen molar-refractivity contribution in [1.29, 1.82) is 0 Å². The summed E-state index contributed by atoms with van der Waals surface area (Å²) in [6.07, 6.45) is 6.49. The summed E-state index contributed by atoms with van der Waals surface area (Å²) in [5.41, 5.74) is 6.72.